The van der Waals surface area contributed by atoms with Crippen molar-refractivity contribution >= 4 is 23.2 Å². The number of nitrogens with one attached hydrogen (secondary N) is 1. The van der Waals surface area contributed by atoms with E-state index in [1.165, 1.54) is 0 Å². The van der Waals surface area contributed by atoms with Crippen LogP contribution in [-0.2, 0) is 0 Å². The molecule has 1 unspecified atom stereocenters. The zero-order valence-electron chi connectivity index (χ0n) is 11.5. The van der Waals surface area contributed by atoms with Crippen LogP contribution in [0.4, 0.5) is 5.69 Å². The van der Waals surface area contributed by atoms with Crippen LogP contribution < -0.4 is 11.1 Å². The van der Waals surface area contributed by atoms with Crippen molar-refractivity contribution < 1.29 is 9.32 Å². The van der Waals surface area contributed by atoms with Crippen LogP contribution >= 0.6 is 11.6 Å². The number of nitrogen functional groups attached to an aromatic ring is 1. The van der Waals surface area contributed by atoms with Gasteiger partial charge in [-0.15, -0.1) is 0 Å². The fraction of sp³-hybridized carbons (Fsp3) is 0.286. The lowest BCUT2D eigenvalue weighted by atomic mass is 10.1. The highest BCUT2D eigenvalue weighted by Crippen LogP contribution is 2.24. The molecule has 1 amide bonds. The summed E-state index contributed by atoms with van der Waals surface area (Å²) in [6.45, 7) is 5.51. The highest BCUT2D eigenvalue weighted by Gasteiger charge is 2.20. The van der Waals surface area contributed by atoms with Gasteiger partial charge in [0.2, 0.25) is 0 Å². The third-order valence-electron chi connectivity index (χ3n) is 3.17. The van der Waals surface area contributed by atoms with Crippen molar-refractivity contribution in [3.63, 3.8) is 0 Å². The van der Waals surface area contributed by atoms with Crippen molar-refractivity contribution in [3.05, 3.63) is 45.8 Å². The standard InChI is InChI=1S/C14H16ClN3O2/c1-7(12-8(2)18-20-9(12)3)17-14(19)10-5-4-6-11(15)13(10)16/h4-7H,16H2,1-3H3,(H,17,19). The van der Waals surface area contributed by atoms with Crippen LogP contribution in [0, 0.1) is 13.8 Å². The van der Waals surface area contributed by atoms with Crippen LogP contribution in [0.5, 0.6) is 0 Å². The Bertz CT molecular complexity index is 632. The maximum absolute atomic E-state index is 12.2. The maximum Gasteiger partial charge on any atom is 0.253 e. The number of amides is 1. The van der Waals surface area contributed by atoms with Gasteiger partial charge in [0.1, 0.15) is 5.76 Å². The summed E-state index contributed by atoms with van der Waals surface area (Å²) in [4.78, 5) is 12.2. The third-order valence-corrected chi connectivity index (χ3v) is 3.50. The van der Waals surface area contributed by atoms with Crippen molar-refractivity contribution in [2.75, 3.05) is 5.73 Å². The highest BCUT2D eigenvalue weighted by atomic mass is 35.5. The monoisotopic (exact) mass is 293 g/mol. The molecular weight excluding hydrogens is 278 g/mol. The van der Waals surface area contributed by atoms with Crippen molar-refractivity contribution in [1.29, 1.82) is 0 Å². The zero-order chi connectivity index (χ0) is 14.9. The first-order valence-corrected chi connectivity index (χ1v) is 6.57. The zero-order valence-corrected chi connectivity index (χ0v) is 12.3. The summed E-state index contributed by atoms with van der Waals surface area (Å²) < 4.78 is 5.10. The van der Waals surface area contributed by atoms with Crippen LogP contribution in [0.1, 0.15) is 40.3 Å². The Morgan fingerprint density at radius 2 is 2.15 bits per heavy atom. The van der Waals surface area contributed by atoms with E-state index < -0.39 is 0 Å². The van der Waals surface area contributed by atoms with Gasteiger partial charge in [-0.2, -0.15) is 0 Å². The molecule has 1 aromatic carbocycles. The second-order valence-electron chi connectivity index (χ2n) is 4.63. The lowest BCUT2D eigenvalue weighted by Gasteiger charge is -2.15. The SMILES string of the molecule is Cc1noc(C)c1C(C)NC(=O)c1cccc(Cl)c1N. The number of anilines is 1. The van der Waals surface area contributed by atoms with E-state index in [0.29, 0.717) is 16.3 Å². The number of carbonyl (C=O) groups excluding carboxylic acids is 1. The number of halogens is 1. The molecule has 0 fully saturated rings. The number of hydrogen-bond acceptors (Lipinski definition) is 4. The minimum absolute atomic E-state index is 0.230. The molecule has 0 bridgehead atoms. The fourth-order valence-electron chi connectivity index (χ4n) is 2.19. The van der Waals surface area contributed by atoms with Crippen LogP contribution in [-0.4, -0.2) is 11.1 Å². The van der Waals surface area contributed by atoms with E-state index >= 15 is 0 Å². The third kappa shape index (κ3) is 2.63. The first-order valence-electron chi connectivity index (χ1n) is 6.19. The molecular formula is C14H16ClN3O2. The van der Waals surface area contributed by atoms with Crippen LogP contribution in [0.3, 0.4) is 0 Å². The van der Waals surface area contributed by atoms with Gasteiger partial charge in [-0.3, -0.25) is 4.79 Å². The van der Waals surface area contributed by atoms with Crippen LogP contribution in [0.2, 0.25) is 5.02 Å². The van der Waals surface area contributed by atoms with Crippen molar-refractivity contribution in [3.8, 4) is 0 Å². The Labute approximate surface area is 122 Å². The number of carbonyl (C=O) groups is 1. The van der Waals surface area contributed by atoms with E-state index in [0.717, 1.165) is 11.3 Å². The van der Waals surface area contributed by atoms with E-state index in [1.54, 1.807) is 18.2 Å². The molecule has 0 aliphatic rings. The summed E-state index contributed by atoms with van der Waals surface area (Å²) in [5.41, 5.74) is 8.08. The molecule has 2 aromatic rings. The molecule has 1 atom stereocenters. The minimum atomic E-state index is -0.280. The average Bonchev–Trinajstić information content (AvgIpc) is 2.72. The quantitative estimate of drug-likeness (QED) is 0.852. The molecule has 0 aliphatic heterocycles. The van der Waals surface area contributed by atoms with Gasteiger partial charge in [-0.05, 0) is 32.9 Å². The molecule has 3 N–H and O–H groups in total. The molecule has 1 aromatic heterocycles. The highest BCUT2D eigenvalue weighted by molar-refractivity contribution is 6.33. The van der Waals surface area contributed by atoms with Gasteiger partial charge >= 0.3 is 0 Å². The predicted octanol–water partition coefficient (Wildman–Crippen LogP) is 3.02. The first kappa shape index (κ1) is 14.4. The lowest BCUT2D eigenvalue weighted by Crippen LogP contribution is -2.28. The van der Waals surface area contributed by atoms with Crippen LogP contribution in [0.25, 0.3) is 0 Å². The molecule has 0 saturated carbocycles. The smallest absolute Gasteiger partial charge is 0.253 e. The summed E-state index contributed by atoms with van der Waals surface area (Å²) in [5.74, 6) is 0.409. The second-order valence-corrected chi connectivity index (χ2v) is 5.04. The van der Waals surface area contributed by atoms with Crippen molar-refractivity contribution in [2.24, 2.45) is 0 Å². The van der Waals surface area contributed by atoms with Gasteiger partial charge in [-0.25, -0.2) is 0 Å². The number of nitrogens with two attached hydrogens (primary N) is 1. The topological polar surface area (TPSA) is 81.2 Å². The van der Waals surface area contributed by atoms with Gasteiger partial charge in [0.15, 0.2) is 0 Å². The van der Waals surface area contributed by atoms with E-state index in [4.69, 9.17) is 21.9 Å². The summed E-state index contributed by atoms with van der Waals surface area (Å²) in [7, 11) is 0. The molecule has 0 spiro atoms. The maximum atomic E-state index is 12.2. The van der Waals surface area contributed by atoms with Crippen molar-refractivity contribution in [1.82, 2.24) is 10.5 Å². The average molecular weight is 294 g/mol. The Kier molecular flexibility index (Phi) is 3.99. The molecule has 1 heterocycles. The molecule has 5 nitrogen and oxygen atoms in total. The van der Waals surface area contributed by atoms with Gasteiger partial charge < -0.3 is 15.6 Å². The van der Waals surface area contributed by atoms with Crippen LogP contribution in [0.15, 0.2) is 22.7 Å². The summed E-state index contributed by atoms with van der Waals surface area (Å²) in [5, 5.41) is 7.11. The van der Waals surface area contributed by atoms with E-state index in [9.17, 15) is 4.79 Å². The number of para-hydroxylation sites is 1. The number of rotatable bonds is 3. The van der Waals surface area contributed by atoms with E-state index in [-0.39, 0.29) is 17.6 Å². The molecule has 0 radical (unpaired) electrons. The van der Waals surface area contributed by atoms with Crippen molar-refractivity contribution in [2.45, 2.75) is 26.8 Å². The number of aromatic nitrogens is 1. The predicted molar refractivity (Wildman–Crippen MR) is 77.7 cm³/mol. The lowest BCUT2D eigenvalue weighted by molar-refractivity contribution is 0.0940. The number of hydrogen-bond donors (Lipinski definition) is 2. The summed E-state index contributed by atoms with van der Waals surface area (Å²) >= 11 is 5.91. The molecule has 106 valence electrons. The summed E-state index contributed by atoms with van der Waals surface area (Å²) in [6, 6.07) is 4.74. The molecule has 2 rings (SSSR count). The van der Waals surface area contributed by atoms with Gasteiger partial charge in [-0.1, -0.05) is 22.8 Å². The molecule has 20 heavy (non-hydrogen) atoms. The van der Waals surface area contributed by atoms with E-state index in [1.807, 2.05) is 20.8 Å². The van der Waals surface area contributed by atoms with Gasteiger partial charge in [0, 0.05) is 5.56 Å². The van der Waals surface area contributed by atoms with Gasteiger partial charge in [0.25, 0.3) is 5.91 Å². The normalized spacial score (nSPS) is 12.2. The first-order chi connectivity index (χ1) is 9.41. The number of nitrogens with zero attached hydrogens (tertiary/aromatic N) is 1. The Morgan fingerprint density at radius 3 is 2.75 bits per heavy atom. The Morgan fingerprint density at radius 1 is 1.45 bits per heavy atom. The molecule has 0 saturated heterocycles. The fourth-order valence-corrected chi connectivity index (χ4v) is 2.36. The number of aryl methyl sites for hydroxylation is 2. The molecule has 0 aliphatic carbocycles. The van der Waals surface area contributed by atoms with E-state index in [2.05, 4.69) is 10.5 Å². The van der Waals surface area contributed by atoms with Gasteiger partial charge in [0.05, 0.1) is 28.0 Å². The Balaban J connectivity index is 2.22. The summed E-state index contributed by atoms with van der Waals surface area (Å²) in [6.07, 6.45) is 0. The molecule has 6 heteroatoms. The largest absolute Gasteiger partial charge is 0.397 e. The number of benzene rings is 1. The Hall–Kier alpha value is -2.01. The second kappa shape index (κ2) is 5.54. The minimum Gasteiger partial charge on any atom is -0.397 e.